The van der Waals surface area contributed by atoms with Gasteiger partial charge in [0.05, 0.1) is 0 Å². The Morgan fingerprint density at radius 2 is 1.25 bits per heavy atom. The molecule has 0 aliphatic rings. The number of hydrogen-bond acceptors (Lipinski definition) is 2. The first-order valence-electron chi connectivity index (χ1n) is 6.74. The summed E-state index contributed by atoms with van der Waals surface area (Å²) in [7, 11) is 0. The van der Waals surface area contributed by atoms with Gasteiger partial charge >= 0.3 is 0 Å². The molecule has 0 saturated heterocycles. The number of carbonyl (C=O) groups excluding carboxylic acids is 2. The zero-order chi connectivity index (χ0) is 14.7. The van der Waals surface area contributed by atoms with Crippen LogP contribution in [0.15, 0.2) is 48.5 Å². The van der Waals surface area contributed by atoms with Crippen LogP contribution in [0.3, 0.4) is 0 Å². The van der Waals surface area contributed by atoms with Crippen molar-refractivity contribution in [2.45, 2.75) is 26.7 Å². The summed E-state index contributed by atoms with van der Waals surface area (Å²) in [6, 6.07) is 15.6. The van der Waals surface area contributed by atoms with Crippen molar-refractivity contribution in [2.24, 2.45) is 0 Å². The standard InChI is InChI=1S/C18H18O2/c1-12(2)14-4-6-15(7-5-14)16-8-10-17(11-9-16)18(20)13(3)19/h4-12H,1-3H3. The van der Waals surface area contributed by atoms with Crippen LogP contribution in [0.4, 0.5) is 0 Å². The lowest BCUT2D eigenvalue weighted by Gasteiger charge is -2.07. The van der Waals surface area contributed by atoms with E-state index in [-0.39, 0.29) is 0 Å². The first-order chi connectivity index (χ1) is 9.49. The van der Waals surface area contributed by atoms with E-state index >= 15 is 0 Å². The summed E-state index contributed by atoms with van der Waals surface area (Å²) < 4.78 is 0. The number of carbonyl (C=O) groups is 2. The molecule has 0 atom stereocenters. The molecule has 0 N–H and O–H groups in total. The van der Waals surface area contributed by atoms with Crippen molar-refractivity contribution < 1.29 is 9.59 Å². The number of rotatable bonds is 4. The zero-order valence-electron chi connectivity index (χ0n) is 12.0. The summed E-state index contributed by atoms with van der Waals surface area (Å²) in [6.07, 6.45) is 0. The minimum atomic E-state index is -0.438. The molecule has 0 heterocycles. The van der Waals surface area contributed by atoms with Crippen molar-refractivity contribution >= 4 is 11.6 Å². The van der Waals surface area contributed by atoms with Crippen molar-refractivity contribution in [1.29, 1.82) is 0 Å². The Labute approximate surface area is 119 Å². The van der Waals surface area contributed by atoms with Crippen molar-refractivity contribution in [3.05, 3.63) is 59.7 Å². The molecule has 20 heavy (non-hydrogen) atoms. The first kappa shape index (κ1) is 14.2. The molecule has 0 bridgehead atoms. The van der Waals surface area contributed by atoms with Gasteiger partial charge in [0.25, 0.3) is 0 Å². The Bertz CT molecular complexity index is 619. The molecule has 2 rings (SSSR count). The van der Waals surface area contributed by atoms with Crippen molar-refractivity contribution in [3.8, 4) is 11.1 Å². The third-order valence-corrected chi connectivity index (χ3v) is 3.38. The molecule has 102 valence electrons. The van der Waals surface area contributed by atoms with Gasteiger partial charge in [0, 0.05) is 12.5 Å². The Kier molecular flexibility index (Phi) is 4.14. The van der Waals surface area contributed by atoms with E-state index in [1.807, 2.05) is 12.1 Å². The van der Waals surface area contributed by atoms with Crippen LogP contribution < -0.4 is 0 Å². The van der Waals surface area contributed by atoms with Crippen LogP contribution in [0, 0.1) is 0 Å². The zero-order valence-corrected chi connectivity index (χ0v) is 12.0. The number of Topliss-reactive ketones (excluding diaryl/α,β-unsaturated/α-hetero) is 2. The van der Waals surface area contributed by atoms with Gasteiger partial charge in [-0.3, -0.25) is 9.59 Å². The van der Waals surface area contributed by atoms with Crippen LogP contribution in [0.25, 0.3) is 11.1 Å². The van der Waals surface area contributed by atoms with Crippen LogP contribution >= 0.6 is 0 Å². The molecule has 0 saturated carbocycles. The topological polar surface area (TPSA) is 34.1 Å². The second kappa shape index (κ2) is 5.83. The van der Waals surface area contributed by atoms with Crippen LogP contribution in [-0.4, -0.2) is 11.6 Å². The van der Waals surface area contributed by atoms with E-state index in [1.165, 1.54) is 12.5 Å². The molecule has 0 aliphatic carbocycles. The van der Waals surface area contributed by atoms with Gasteiger partial charge in [-0.1, -0.05) is 62.4 Å². The Morgan fingerprint density at radius 1 is 0.800 bits per heavy atom. The minimum Gasteiger partial charge on any atom is -0.291 e. The highest BCUT2D eigenvalue weighted by atomic mass is 16.2. The average molecular weight is 266 g/mol. The Morgan fingerprint density at radius 3 is 1.65 bits per heavy atom. The molecule has 2 aromatic carbocycles. The molecule has 0 spiro atoms. The van der Waals surface area contributed by atoms with E-state index in [0.717, 1.165) is 11.1 Å². The highest BCUT2D eigenvalue weighted by molar-refractivity contribution is 6.42. The molecule has 2 aromatic rings. The van der Waals surface area contributed by atoms with Crippen LogP contribution in [0.1, 0.15) is 42.6 Å². The van der Waals surface area contributed by atoms with Crippen molar-refractivity contribution in [2.75, 3.05) is 0 Å². The van der Waals surface area contributed by atoms with Crippen LogP contribution in [0.5, 0.6) is 0 Å². The average Bonchev–Trinajstić information content (AvgIpc) is 2.46. The molecule has 2 nitrogen and oxygen atoms in total. The van der Waals surface area contributed by atoms with Gasteiger partial charge in [0.15, 0.2) is 5.78 Å². The predicted octanol–water partition coefficient (Wildman–Crippen LogP) is 4.25. The fraction of sp³-hybridized carbons (Fsp3) is 0.222. The lowest BCUT2D eigenvalue weighted by atomic mass is 9.97. The highest BCUT2D eigenvalue weighted by Crippen LogP contribution is 2.23. The summed E-state index contributed by atoms with van der Waals surface area (Å²) in [5, 5.41) is 0. The maximum atomic E-state index is 11.6. The molecule has 0 fully saturated rings. The summed E-state index contributed by atoms with van der Waals surface area (Å²) in [5.74, 6) is -0.356. The van der Waals surface area contributed by atoms with E-state index in [9.17, 15) is 9.59 Å². The van der Waals surface area contributed by atoms with Gasteiger partial charge in [-0.15, -0.1) is 0 Å². The minimum absolute atomic E-state index is 0.431. The van der Waals surface area contributed by atoms with Crippen LogP contribution in [-0.2, 0) is 4.79 Å². The van der Waals surface area contributed by atoms with E-state index in [4.69, 9.17) is 0 Å². The lowest BCUT2D eigenvalue weighted by molar-refractivity contribution is -0.113. The smallest absolute Gasteiger partial charge is 0.228 e. The molecule has 0 aliphatic heterocycles. The summed E-state index contributed by atoms with van der Waals surface area (Å²) in [4.78, 5) is 22.6. The number of benzene rings is 2. The van der Waals surface area contributed by atoms with Crippen LogP contribution in [0.2, 0.25) is 0 Å². The fourth-order valence-corrected chi connectivity index (χ4v) is 2.08. The molecular weight excluding hydrogens is 248 g/mol. The van der Waals surface area contributed by atoms with Crippen molar-refractivity contribution in [3.63, 3.8) is 0 Å². The molecular formula is C18H18O2. The van der Waals surface area contributed by atoms with Gasteiger partial charge in [-0.25, -0.2) is 0 Å². The first-order valence-corrected chi connectivity index (χ1v) is 6.74. The van der Waals surface area contributed by atoms with Gasteiger partial charge in [0.1, 0.15) is 0 Å². The molecule has 0 aromatic heterocycles. The summed E-state index contributed by atoms with van der Waals surface area (Å²) in [5.41, 5.74) is 3.90. The van der Waals surface area contributed by atoms with Gasteiger partial charge < -0.3 is 0 Å². The maximum Gasteiger partial charge on any atom is 0.228 e. The third-order valence-electron chi connectivity index (χ3n) is 3.38. The second-order valence-electron chi connectivity index (χ2n) is 5.24. The van der Waals surface area contributed by atoms with Gasteiger partial charge in [-0.05, 0) is 22.6 Å². The lowest BCUT2D eigenvalue weighted by Crippen LogP contribution is -2.09. The van der Waals surface area contributed by atoms with Gasteiger partial charge in [0.2, 0.25) is 5.78 Å². The number of ketones is 2. The Hall–Kier alpha value is -2.22. The SMILES string of the molecule is CC(=O)C(=O)c1ccc(-c2ccc(C(C)C)cc2)cc1. The second-order valence-corrected chi connectivity index (χ2v) is 5.24. The monoisotopic (exact) mass is 266 g/mol. The summed E-state index contributed by atoms with van der Waals surface area (Å²) in [6.45, 7) is 5.62. The molecule has 2 heteroatoms. The van der Waals surface area contributed by atoms with Gasteiger partial charge in [-0.2, -0.15) is 0 Å². The quantitative estimate of drug-likeness (QED) is 0.612. The summed E-state index contributed by atoms with van der Waals surface area (Å²) >= 11 is 0. The normalized spacial score (nSPS) is 10.6. The van der Waals surface area contributed by atoms with E-state index in [0.29, 0.717) is 11.5 Å². The van der Waals surface area contributed by atoms with E-state index in [1.54, 1.807) is 12.1 Å². The third kappa shape index (κ3) is 3.02. The highest BCUT2D eigenvalue weighted by Gasteiger charge is 2.10. The fourth-order valence-electron chi connectivity index (χ4n) is 2.08. The molecule has 0 amide bonds. The number of hydrogen-bond donors (Lipinski definition) is 0. The predicted molar refractivity (Wildman–Crippen MR) is 81.0 cm³/mol. The molecule has 0 unspecified atom stereocenters. The maximum absolute atomic E-state index is 11.6. The van der Waals surface area contributed by atoms with E-state index in [2.05, 4.69) is 38.1 Å². The van der Waals surface area contributed by atoms with E-state index < -0.39 is 11.6 Å². The molecule has 0 radical (unpaired) electrons. The Balaban J connectivity index is 2.26. The largest absolute Gasteiger partial charge is 0.291 e. The van der Waals surface area contributed by atoms with Crippen molar-refractivity contribution in [1.82, 2.24) is 0 Å².